The van der Waals surface area contributed by atoms with E-state index in [-0.39, 0.29) is 0 Å². The first kappa shape index (κ1) is 17.7. The van der Waals surface area contributed by atoms with Crippen molar-refractivity contribution >= 4 is 17.5 Å². The molecule has 0 spiro atoms. The average Bonchev–Trinajstić information content (AvgIpc) is 2.62. The smallest absolute Gasteiger partial charge is 0.225 e. The Bertz CT molecular complexity index is 721. The van der Waals surface area contributed by atoms with Gasteiger partial charge in [-0.2, -0.15) is 0 Å². The van der Waals surface area contributed by atoms with E-state index in [1.807, 2.05) is 12.1 Å². The number of hydrogen-bond donors (Lipinski definition) is 0. The summed E-state index contributed by atoms with van der Waals surface area (Å²) in [6, 6.07) is 3.85. The van der Waals surface area contributed by atoms with Gasteiger partial charge in [0.05, 0.1) is 31.6 Å². The molecule has 0 N–H and O–H groups in total. The fourth-order valence-corrected chi connectivity index (χ4v) is 3.21. The summed E-state index contributed by atoms with van der Waals surface area (Å²) in [5.41, 5.74) is 1.06. The fourth-order valence-electron chi connectivity index (χ4n) is 2.90. The van der Waals surface area contributed by atoms with Gasteiger partial charge in [0, 0.05) is 32.7 Å². The van der Waals surface area contributed by atoms with Gasteiger partial charge >= 0.3 is 0 Å². The number of rotatable bonds is 5. The molecule has 1 aliphatic rings. The van der Waals surface area contributed by atoms with Crippen molar-refractivity contribution in [2.45, 2.75) is 6.54 Å². The molecule has 3 rings (SSSR count). The summed E-state index contributed by atoms with van der Waals surface area (Å²) in [5, 5.41) is 0.537. The van der Waals surface area contributed by atoms with Crippen LogP contribution in [0.4, 0.5) is 10.3 Å². The highest BCUT2D eigenvalue weighted by Crippen LogP contribution is 2.36. The first-order valence-corrected chi connectivity index (χ1v) is 8.33. The van der Waals surface area contributed by atoms with Crippen LogP contribution in [0, 0.1) is 5.82 Å². The third-order valence-electron chi connectivity index (χ3n) is 4.16. The van der Waals surface area contributed by atoms with Crippen molar-refractivity contribution in [1.29, 1.82) is 0 Å². The standard InChI is InChI=1S/C17H20ClFN4O2/c1-24-15-8-12(7-14(18)16(15)25-2)11-22-3-5-23(6-4-22)17-20-9-13(19)10-21-17/h7-10H,3-6,11H2,1-2H3. The zero-order valence-electron chi connectivity index (χ0n) is 14.2. The Balaban J connectivity index is 1.62. The Morgan fingerprint density at radius 3 is 2.36 bits per heavy atom. The molecule has 8 heteroatoms. The predicted molar refractivity (Wildman–Crippen MR) is 94.0 cm³/mol. The summed E-state index contributed by atoms with van der Waals surface area (Å²) in [7, 11) is 3.17. The van der Waals surface area contributed by atoms with Gasteiger partial charge in [-0.25, -0.2) is 14.4 Å². The quantitative estimate of drug-likeness (QED) is 0.810. The number of hydrogen-bond acceptors (Lipinski definition) is 6. The molecule has 1 aliphatic heterocycles. The predicted octanol–water partition coefficient (Wildman–Crippen LogP) is 2.61. The molecule has 134 valence electrons. The van der Waals surface area contributed by atoms with Crippen molar-refractivity contribution in [2.24, 2.45) is 0 Å². The molecule has 6 nitrogen and oxygen atoms in total. The SMILES string of the molecule is COc1cc(CN2CCN(c3ncc(F)cn3)CC2)cc(Cl)c1OC. The van der Waals surface area contributed by atoms with Crippen molar-refractivity contribution in [1.82, 2.24) is 14.9 Å². The highest BCUT2D eigenvalue weighted by molar-refractivity contribution is 6.32. The number of benzene rings is 1. The van der Waals surface area contributed by atoms with Crippen LogP contribution in [0.1, 0.15) is 5.56 Å². The molecule has 0 atom stereocenters. The molecule has 1 fully saturated rings. The van der Waals surface area contributed by atoms with Crippen molar-refractivity contribution in [3.63, 3.8) is 0 Å². The molecule has 2 aromatic rings. The van der Waals surface area contributed by atoms with E-state index in [0.29, 0.717) is 22.5 Å². The highest BCUT2D eigenvalue weighted by Gasteiger charge is 2.20. The van der Waals surface area contributed by atoms with Crippen LogP contribution in [0.2, 0.25) is 5.02 Å². The summed E-state index contributed by atoms with van der Waals surface area (Å²) < 4.78 is 23.5. The van der Waals surface area contributed by atoms with E-state index in [0.717, 1.165) is 38.3 Å². The van der Waals surface area contributed by atoms with Gasteiger partial charge in [-0.3, -0.25) is 4.90 Å². The minimum Gasteiger partial charge on any atom is -0.493 e. The summed E-state index contributed by atoms with van der Waals surface area (Å²) >= 11 is 6.27. The fraction of sp³-hybridized carbons (Fsp3) is 0.412. The van der Waals surface area contributed by atoms with Crippen LogP contribution >= 0.6 is 11.6 Å². The van der Waals surface area contributed by atoms with E-state index in [4.69, 9.17) is 21.1 Å². The zero-order chi connectivity index (χ0) is 17.8. The molecule has 2 heterocycles. The molecule has 0 unspecified atom stereocenters. The topological polar surface area (TPSA) is 50.7 Å². The number of ether oxygens (including phenoxy) is 2. The Hall–Kier alpha value is -2.12. The second kappa shape index (κ2) is 7.84. The molecule has 0 bridgehead atoms. The highest BCUT2D eigenvalue weighted by atomic mass is 35.5. The summed E-state index contributed by atoms with van der Waals surface area (Å²) in [4.78, 5) is 12.4. The molecule has 0 radical (unpaired) electrons. The van der Waals surface area contributed by atoms with Gasteiger partial charge < -0.3 is 14.4 Å². The maximum absolute atomic E-state index is 12.9. The van der Waals surface area contributed by atoms with Crippen LogP contribution in [-0.4, -0.2) is 55.3 Å². The van der Waals surface area contributed by atoms with Gasteiger partial charge in [0.1, 0.15) is 0 Å². The minimum atomic E-state index is -0.423. The van der Waals surface area contributed by atoms with E-state index >= 15 is 0 Å². The number of anilines is 1. The van der Waals surface area contributed by atoms with Crippen molar-refractivity contribution < 1.29 is 13.9 Å². The van der Waals surface area contributed by atoms with Crippen LogP contribution in [0.25, 0.3) is 0 Å². The first-order valence-electron chi connectivity index (χ1n) is 7.96. The van der Waals surface area contributed by atoms with Gasteiger partial charge in [0.15, 0.2) is 17.3 Å². The Kier molecular flexibility index (Phi) is 5.55. The molecule has 0 saturated carbocycles. The first-order chi connectivity index (χ1) is 12.1. The number of halogens is 2. The Labute approximate surface area is 151 Å². The summed E-state index contributed by atoms with van der Waals surface area (Å²) in [5.74, 6) is 1.32. The molecule has 1 saturated heterocycles. The van der Waals surface area contributed by atoms with Crippen LogP contribution in [-0.2, 0) is 6.54 Å². The largest absolute Gasteiger partial charge is 0.493 e. The van der Waals surface area contributed by atoms with E-state index < -0.39 is 5.82 Å². The lowest BCUT2D eigenvalue weighted by Crippen LogP contribution is -2.46. The number of aromatic nitrogens is 2. The second-order valence-electron chi connectivity index (χ2n) is 5.78. The number of nitrogens with zero attached hydrogens (tertiary/aromatic N) is 4. The van der Waals surface area contributed by atoms with Crippen LogP contribution in [0.3, 0.4) is 0 Å². The molecule has 1 aromatic carbocycles. The van der Waals surface area contributed by atoms with Crippen molar-refractivity contribution in [2.75, 3.05) is 45.3 Å². The molecular weight excluding hydrogens is 347 g/mol. The van der Waals surface area contributed by atoms with E-state index in [1.54, 1.807) is 14.2 Å². The maximum atomic E-state index is 12.9. The average molecular weight is 367 g/mol. The van der Waals surface area contributed by atoms with Crippen LogP contribution in [0.15, 0.2) is 24.5 Å². The Morgan fingerprint density at radius 2 is 1.76 bits per heavy atom. The van der Waals surface area contributed by atoms with Gasteiger partial charge in [-0.1, -0.05) is 11.6 Å². The molecule has 25 heavy (non-hydrogen) atoms. The number of methoxy groups -OCH3 is 2. The van der Waals surface area contributed by atoms with Gasteiger partial charge in [-0.05, 0) is 17.7 Å². The third kappa shape index (κ3) is 4.11. The summed E-state index contributed by atoms with van der Waals surface area (Å²) in [6.45, 7) is 4.04. The second-order valence-corrected chi connectivity index (χ2v) is 6.18. The van der Waals surface area contributed by atoms with Crippen molar-refractivity contribution in [3.8, 4) is 11.5 Å². The van der Waals surface area contributed by atoms with Gasteiger partial charge in [0.2, 0.25) is 5.95 Å². The zero-order valence-corrected chi connectivity index (χ0v) is 15.0. The van der Waals surface area contributed by atoms with E-state index in [9.17, 15) is 4.39 Å². The lowest BCUT2D eigenvalue weighted by molar-refractivity contribution is 0.248. The van der Waals surface area contributed by atoms with Gasteiger partial charge in [0.25, 0.3) is 0 Å². The monoisotopic (exact) mass is 366 g/mol. The van der Waals surface area contributed by atoms with E-state index in [1.165, 1.54) is 12.4 Å². The molecule has 1 aromatic heterocycles. The minimum absolute atomic E-state index is 0.423. The maximum Gasteiger partial charge on any atom is 0.225 e. The Morgan fingerprint density at radius 1 is 1.08 bits per heavy atom. The molecule has 0 amide bonds. The number of piperazine rings is 1. The van der Waals surface area contributed by atoms with Crippen molar-refractivity contribution in [3.05, 3.63) is 40.9 Å². The van der Waals surface area contributed by atoms with Crippen LogP contribution < -0.4 is 14.4 Å². The molecular formula is C17H20ClFN4O2. The lowest BCUT2D eigenvalue weighted by atomic mass is 10.1. The normalized spacial score (nSPS) is 15.3. The summed E-state index contributed by atoms with van der Waals surface area (Å²) in [6.07, 6.45) is 2.39. The lowest BCUT2D eigenvalue weighted by Gasteiger charge is -2.34. The van der Waals surface area contributed by atoms with E-state index in [2.05, 4.69) is 19.8 Å². The van der Waals surface area contributed by atoms with Crippen LogP contribution in [0.5, 0.6) is 11.5 Å². The third-order valence-corrected chi connectivity index (χ3v) is 4.44. The van der Waals surface area contributed by atoms with Gasteiger partial charge in [-0.15, -0.1) is 0 Å². The molecule has 0 aliphatic carbocycles.